The number of ether oxygens (including phenoxy) is 3. The van der Waals surface area contributed by atoms with Crippen molar-refractivity contribution in [2.45, 2.75) is 52.7 Å². The first-order chi connectivity index (χ1) is 15.6. The zero-order valence-electron chi connectivity index (χ0n) is 19.8. The number of rotatable bonds is 11. The highest BCUT2D eigenvalue weighted by Crippen LogP contribution is 2.26. The molecule has 0 heterocycles. The van der Waals surface area contributed by atoms with Gasteiger partial charge in [0.05, 0.1) is 13.0 Å². The first-order valence-electron chi connectivity index (χ1n) is 11.0. The van der Waals surface area contributed by atoms with Crippen LogP contribution in [0, 0.1) is 11.8 Å². The zero-order valence-corrected chi connectivity index (χ0v) is 19.8. The number of alkyl carbamates (subject to hydrolysis) is 1. The van der Waals surface area contributed by atoms with E-state index in [1.54, 1.807) is 14.0 Å². The number of fused-ring (bicyclic) bond motifs is 1. The molecule has 0 spiro atoms. The number of benzene rings is 2. The number of carbonyl (C=O) groups excluding carboxylic acids is 2. The maximum absolute atomic E-state index is 12.6. The molecule has 3 atom stereocenters. The molecule has 0 fully saturated rings. The van der Waals surface area contributed by atoms with Crippen molar-refractivity contribution in [2.75, 3.05) is 13.7 Å². The molecule has 180 valence electrons. The van der Waals surface area contributed by atoms with Crippen LogP contribution in [0.2, 0.25) is 0 Å². The van der Waals surface area contributed by atoms with Crippen LogP contribution in [0.25, 0.3) is 10.8 Å². The summed E-state index contributed by atoms with van der Waals surface area (Å²) in [6, 6.07) is 11.4. The third-order valence-corrected chi connectivity index (χ3v) is 5.28. The van der Waals surface area contributed by atoms with Crippen LogP contribution in [-0.2, 0) is 19.1 Å². The van der Waals surface area contributed by atoms with Gasteiger partial charge in [0.1, 0.15) is 5.75 Å². The Labute approximate surface area is 194 Å². The third-order valence-electron chi connectivity index (χ3n) is 5.28. The first-order valence-corrected chi connectivity index (χ1v) is 11.0. The lowest BCUT2D eigenvalue weighted by atomic mass is 9.94. The number of carboxylic acid groups (broad SMARTS) is 1. The molecule has 8 nitrogen and oxygen atoms in total. The van der Waals surface area contributed by atoms with Gasteiger partial charge in [-0.25, -0.2) is 4.79 Å². The number of amides is 1. The Bertz CT molecular complexity index is 972. The Hall–Kier alpha value is -3.29. The Morgan fingerprint density at radius 3 is 2.27 bits per heavy atom. The number of hydrogen-bond donors (Lipinski definition) is 2. The van der Waals surface area contributed by atoms with E-state index in [9.17, 15) is 14.4 Å². The smallest absolute Gasteiger partial charge is 0.410 e. The average molecular weight is 460 g/mol. The lowest BCUT2D eigenvalue weighted by molar-refractivity contribution is -0.166. The number of methoxy groups -OCH3 is 1. The zero-order chi connectivity index (χ0) is 24.5. The van der Waals surface area contributed by atoms with E-state index in [0.717, 1.165) is 22.1 Å². The van der Waals surface area contributed by atoms with Gasteiger partial charge in [-0.15, -0.1) is 0 Å². The van der Waals surface area contributed by atoms with Crippen molar-refractivity contribution in [1.82, 2.24) is 5.32 Å². The Morgan fingerprint density at radius 2 is 1.64 bits per heavy atom. The Balaban J connectivity index is 1.89. The van der Waals surface area contributed by atoms with Crippen LogP contribution in [0.4, 0.5) is 4.79 Å². The minimum absolute atomic E-state index is 0.0426. The third kappa shape index (κ3) is 8.29. The molecule has 0 aliphatic carbocycles. The fourth-order valence-corrected chi connectivity index (χ4v) is 3.64. The van der Waals surface area contributed by atoms with Crippen molar-refractivity contribution < 1.29 is 33.7 Å². The van der Waals surface area contributed by atoms with E-state index < -0.39 is 30.2 Å². The van der Waals surface area contributed by atoms with Crippen LogP contribution in [-0.4, -0.2) is 43.1 Å². The summed E-state index contributed by atoms with van der Waals surface area (Å²) in [6.07, 6.45) is -1.24. The minimum Gasteiger partial charge on any atom is -0.497 e. The van der Waals surface area contributed by atoms with E-state index in [0.29, 0.717) is 12.3 Å². The van der Waals surface area contributed by atoms with Crippen LogP contribution >= 0.6 is 0 Å². The van der Waals surface area contributed by atoms with Gasteiger partial charge in [-0.3, -0.25) is 9.59 Å². The molecule has 0 aromatic heterocycles. The molecule has 2 rings (SSSR count). The summed E-state index contributed by atoms with van der Waals surface area (Å²) in [5.41, 5.74) is 0.777. The van der Waals surface area contributed by atoms with E-state index in [4.69, 9.17) is 19.3 Å². The average Bonchev–Trinajstić information content (AvgIpc) is 2.75. The SMILES string of the molecule is COc1ccc2cc([C@H](C)C(=O)O[C@@H](C)OC(=O)NCC(CC(=O)O)CC(C)C)ccc2c1. The summed E-state index contributed by atoms with van der Waals surface area (Å²) in [6.45, 7) is 7.33. The van der Waals surface area contributed by atoms with Crippen LogP contribution < -0.4 is 10.1 Å². The number of aliphatic carboxylic acids is 1. The van der Waals surface area contributed by atoms with E-state index in [2.05, 4.69) is 5.32 Å². The van der Waals surface area contributed by atoms with Crippen molar-refractivity contribution in [3.8, 4) is 5.75 Å². The molecule has 0 saturated carbocycles. The highest BCUT2D eigenvalue weighted by molar-refractivity contribution is 5.86. The lowest BCUT2D eigenvalue weighted by Crippen LogP contribution is -2.34. The Morgan fingerprint density at radius 1 is 0.970 bits per heavy atom. The molecule has 0 aliphatic rings. The summed E-state index contributed by atoms with van der Waals surface area (Å²) in [7, 11) is 1.61. The predicted octanol–water partition coefficient (Wildman–Crippen LogP) is 4.70. The largest absolute Gasteiger partial charge is 0.497 e. The van der Waals surface area contributed by atoms with Gasteiger partial charge in [-0.1, -0.05) is 38.1 Å². The minimum atomic E-state index is -1.09. The van der Waals surface area contributed by atoms with Gasteiger partial charge >= 0.3 is 18.0 Å². The van der Waals surface area contributed by atoms with Gasteiger partial charge in [0, 0.05) is 19.9 Å². The van der Waals surface area contributed by atoms with E-state index >= 15 is 0 Å². The number of carbonyl (C=O) groups is 3. The molecule has 2 aromatic carbocycles. The van der Waals surface area contributed by atoms with E-state index in [1.807, 2.05) is 50.2 Å². The highest BCUT2D eigenvalue weighted by atomic mass is 16.7. The van der Waals surface area contributed by atoms with Gasteiger partial charge in [-0.05, 0) is 53.6 Å². The van der Waals surface area contributed by atoms with Crippen molar-refractivity contribution in [3.63, 3.8) is 0 Å². The summed E-state index contributed by atoms with van der Waals surface area (Å²) in [4.78, 5) is 35.6. The van der Waals surface area contributed by atoms with Crippen LogP contribution in [0.3, 0.4) is 0 Å². The number of nitrogens with one attached hydrogen (secondary N) is 1. The molecule has 1 unspecified atom stereocenters. The topological polar surface area (TPSA) is 111 Å². The first kappa shape index (κ1) is 26.0. The molecule has 33 heavy (non-hydrogen) atoms. The van der Waals surface area contributed by atoms with Crippen LogP contribution in [0.5, 0.6) is 5.75 Å². The number of hydrogen-bond acceptors (Lipinski definition) is 6. The van der Waals surface area contributed by atoms with Crippen molar-refractivity contribution in [1.29, 1.82) is 0 Å². The second-order valence-corrected chi connectivity index (χ2v) is 8.58. The molecule has 0 bridgehead atoms. The van der Waals surface area contributed by atoms with Crippen molar-refractivity contribution in [2.24, 2.45) is 11.8 Å². The van der Waals surface area contributed by atoms with Gasteiger partial charge in [0.15, 0.2) is 0 Å². The summed E-state index contributed by atoms with van der Waals surface area (Å²) < 4.78 is 15.6. The molecule has 0 saturated heterocycles. The summed E-state index contributed by atoms with van der Waals surface area (Å²) in [5.74, 6) is -1.15. The van der Waals surface area contributed by atoms with Crippen molar-refractivity contribution in [3.05, 3.63) is 42.0 Å². The van der Waals surface area contributed by atoms with Crippen molar-refractivity contribution >= 4 is 28.8 Å². The summed E-state index contributed by atoms with van der Waals surface area (Å²) in [5, 5.41) is 13.5. The molecule has 1 amide bonds. The van der Waals surface area contributed by atoms with Gasteiger partial charge in [0.2, 0.25) is 6.29 Å². The van der Waals surface area contributed by atoms with Gasteiger partial charge in [0.25, 0.3) is 0 Å². The normalized spacial score (nSPS) is 13.8. The summed E-state index contributed by atoms with van der Waals surface area (Å²) >= 11 is 0. The monoisotopic (exact) mass is 459 g/mol. The molecule has 0 aliphatic heterocycles. The standard InChI is InChI=1S/C25H33NO7/c1-15(2)10-18(11-23(27)28)14-26-25(30)33-17(4)32-24(29)16(3)19-6-7-21-13-22(31-5)9-8-20(21)12-19/h6-9,12-13,15-18H,10-11,14H2,1-5H3,(H,26,30)(H,27,28)/t16-,17+,18?/m0/s1. The predicted molar refractivity (Wildman–Crippen MR) is 124 cm³/mol. The number of esters is 1. The second-order valence-electron chi connectivity index (χ2n) is 8.58. The van der Waals surface area contributed by atoms with Crippen LogP contribution in [0.1, 0.15) is 52.0 Å². The highest BCUT2D eigenvalue weighted by Gasteiger charge is 2.22. The molecule has 8 heteroatoms. The van der Waals surface area contributed by atoms with Crippen LogP contribution in [0.15, 0.2) is 36.4 Å². The Kier molecular flexibility index (Phi) is 9.51. The maximum Gasteiger partial charge on any atom is 0.410 e. The molecule has 2 aromatic rings. The van der Waals surface area contributed by atoms with Gasteiger partial charge < -0.3 is 24.6 Å². The fraction of sp³-hybridized carbons (Fsp3) is 0.480. The molecule has 0 radical (unpaired) electrons. The fourth-order valence-electron chi connectivity index (χ4n) is 3.64. The maximum atomic E-state index is 12.6. The van der Waals surface area contributed by atoms with E-state index in [-0.39, 0.29) is 18.9 Å². The number of carboxylic acids is 1. The molecule has 2 N–H and O–H groups in total. The quantitative estimate of drug-likeness (QED) is 0.370. The molecular weight excluding hydrogens is 426 g/mol. The second kappa shape index (κ2) is 12.1. The lowest BCUT2D eigenvalue weighted by Gasteiger charge is -2.20. The van der Waals surface area contributed by atoms with Gasteiger partial charge in [-0.2, -0.15) is 0 Å². The van der Waals surface area contributed by atoms with E-state index in [1.165, 1.54) is 6.92 Å². The molecular formula is C25H33NO7.